The van der Waals surface area contributed by atoms with Gasteiger partial charge in [0.2, 0.25) is 5.88 Å². The number of hydrogen-bond donors (Lipinski definition) is 1. The fourth-order valence-corrected chi connectivity index (χ4v) is 1.44. The average Bonchev–Trinajstić information content (AvgIpc) is 3.00. The standard InChI is InChI=1S/C9H9BrN2O3/c10-6-3-11-8(5-1-2-5)12-9(6)15-4-7(13)14/h3,5H,1-2,4H2,(H,13,14). The number of aromatic nitrogens is 2. The second-order valence-corrected chi connectivity index (χ2v) is 4.19. The van der Waals surface area contributed by atoms with Crippen molar-refractivity contribution in [2.45, 2.75) is 18.8 Å². The fourth-order valence-electron chi connectivity index (χ4n) is 1.13. The van der Waals surface area contributed by atoms with Crippen LogP contribution in [0.3, 0.4) is 0 Å². The smallest absolute Gasteiger partial charge is 0.341 e. The maximum absolute atomic E-state index is 10.3. The first-order chi connectivity index (χ1) is 7.16. The van der Waals surface area contributed by atoms with Crippen LogP contribution >= 0.6 is 15.9 Å². The lowest BCUT2D eigenvalue weighted by Gasteiger charge is -2.05. The van der Waals surface area contributed by atoms with Gasteiger partial charge < -0.3 is 9.84 Å². The number of aliphatic carboxylic acids is 1. The molecule has 1 aromatic rings. The van der Waals surface area contributed by atoms with E-state index in [2.05, 4.69) is 25.9 Å². The minimum atomic E-state index is -1.02. The van der Waals surface area contributed by atoms with Gasteiger partial charge in [0.1, 0.15) is 5.82 Å². The molecule has 0 aromatic carbocycles. The Balaban J connectivity index is 2.13. The minimum Gasteiger partial charge on any atom is -0.479 e. The second-order valence-electron chi connectivity index (χ2n) is 3.34. The zero-order valence-corrected chi connectivity index (χ0v) is 9.40. The molecule has 0 atom stereocenters. The van der Waals surface area contributed by atoms with Crippen LogP contribution in [0.25, 0.3) is 0 Å². The van der Waals surface area contributed by atoms with Gasteiger partial charge in [-0.25, -0.2) is 9.78 Å². The molecule has 0 spiro atoms. The molecule has 1 aromatic heterocycles. The molecule has 1 saturated carbocycles. The van der Waals surface area contributed by atoms with Crippen molar-refractivity contribution in [2.24, 2.45) is 0 Å². The van der Waals surface area contributed by atoms with Gasteiger partial charge >= 0.3 is 5.97 Å². The van der Waals surface area contributed by atoms with Gasteiger partial charge in [-0.2, -0.15) is 4.98 Å². The Morgan fingerprint density at radius 3 is 3.00 bits per heavy atom. The molecule has 2 rings (SSSR count). The maximum atomic E-state index is 10.3. The Morgan fingerprint density at radius 1 is 1.67 bits per heavy atom. The molecule has 1 N–H and O–H groups in total. The summed E-state index contributed by atoms with van der Waals surface area (Å²) in [4.78, 5) is 18.6. The molecule has 1 fully saturated rings. The predicted octanol–water partition coefficient (Wildman–Crippen LogP) is 1.58. The maximum Gasteiger partial charge on any atom is 0.341 e. The van der Waals surface area contributed by atoms with Crippen LogP contribution in [-0.4, -0.2) is 27.7 Å². The highest BCUT2D eigenvalue weighted by molar-refractivity contribution is 9.10. The molecule has 0 amide bonds. The van der Waals surface area contributed by atoms with Crippen LogP contribution in [0.2, 0.25) is 0 Å². The molecule has 5 nitrogen and oxygen atoms in total. The van der Waals surface area contributed by atoms with E-state index in [1.165, 1.54) is 0 Å². The summed E-state index contributed by atoms with van der Waals surface area (Å²) in [7, 11) is 0. The largest absolute Gasteiger partial charge is 0.479 e. The molecule has 0 bridgehead atoms. The Labute approximate surface area is 94.6 Å². The summed E-state index contributed by atoms with van der Waals surface area (Å²) in [6.45, 7) is -0.389. The molecular weight excluding hydrogens is 264 g/mol. The van der Waals surface area contributed by atoms with E-state index in [0.29, 0.717) is 16.3 Å². The van der Waals surface area contributed by atoms with Gasteiger partial charge in [-0.3, -0.25) is 0 Å². The zero-order chi connectivity index (χ0) is 10.8. The quantitative estimate of drug-likeness (QED) is 0.901. The topological polar surface area (TPSA) is 72.3 Å². The fraction of sp³-hybridized carbons (Fsp3) is 0.444. The summed E-state index contributed by atoms with van der Waals surface area (Å²) in [5.74, 6) is 0.437. The number of nitrogens with zero attached hydrogens (tertiary/aromatic N) is 2. The average molecular weight is 273 g/mol. The Morgan fingerprint density at radius 2 is 2.40 bits per heavy atom. The van der Waals surface area contributed by atoms with Crippen molar-refractivity contribution in [2.75, 3.05) is 6.61 Å². The van der Waals surface area contributed by atoms with Crippen molar-refractivity contribution in [1.82, 2.24) is 9.97 Å². The van der Waals surface area contributed by atoms with Gasteiger partial charge in [0.15, 0.2) is 6.61 Å². The van der Waals surface area contributed by atoms with E-state index in [1.807, 2.05) is 0 Å². The van der Waals surface area contributed by atoms with Crippen molar-refractivity contribution in [3.8, 4) is 5.88 Å². The second kappa shape index (κ2) is 4.14. The van der Waals surface area contributed by atoms with Gasteiger partial charge in [0.05, 0.1) is 4.47 Å². The number of hydrogen-bond acceptors (Lipinski definition) is 4. The van der Waals surface area contributed by atoms with Crippen LogP contribution < -0.4 is 4.74 Å². The van der Waals surface area contributed by atoms with E-state index < -0.39 is 5.97 Å². The molecule has 15 heavy (non-hydrogen) atoms. The normalized spacial score (nSPS) is 15.0. The Kier molecular flexibility index (Phi) is 2.86. The molecule has 0 aliphatic heterocycles. The molecule has 0 unspecified atom stereocenters. The first kappa shape index (κ1) is 10.4. The van der Waals surface area contributed by atoms with Gasteiger partial charge in [-0.1, -0.05) is 0 Å². The van der Waals surface area contributed by atoms with E-state index >= 15 is 0 Å². The number of carboxylic acids is 1. The zero-order valence-electron chi connectivity index (χ0n) is 7.81. The van der Waals surface area contributed by atoms with Crippen molar-refractivity contribution in [3.05, 3.63) is 16.5 Å². The summed E-state index contributed by atoms with van der Waals surface area (Å²) in [6, 6.07) is 0. The van der Waals surface area contributed by atoms with Gasteiger partial charge in [0.25, 0.3) is 0 Å². The van der Waals surface area contributed by atoms with Gasteiger partial charge in [-0.05, 0) is 28.8 Å². The van der Waals surface area contributed by atoms with Crippen molar-refractivity contribution in [3.63, 3.8) is 0 Å². The predicted molar refractivity (Wildman–Crippen MR) is 54.8 cm³/mol. The third kappa shape index (κ3) is 2.65. The third-order valence-corrected chi connectivity index (χ3v) is 2.55. The van der Waals surface area contributed by atoms with Gasteiger partial charge in [0, 0.05) is 12.1 Å². The molecule has 6 heteroatoms. The Hall–Kier alpha value is -1.17. The number of halogens is 1. The summed E-state index contributed by atoms with van der Waals surface area (Å²) >= 11 is 3.21. The Bertz CT molecular complexity index is 393. The van der Waals surface area contributed by atoms with Crippen molar-refractivity contribution in [1.29, 1.82) is 0 Å². The van der Waals surface area contributed by atoms with E-state index in [1.54, 1.807) is 6.20 Å². The van der Waals surface area contributed by atoms with E-state index in [0.717, 1.165) is 18.7 Å². The molecule has 80 valence electrons. The van der Waals surface area contributed by atoms with Crippen molar-refractivity contribution < 1.29 is 14.6 Å². The molecule has 0 radical (unpaired) electrons. The van der Waals surface area contributed by atoms with E-state index in [9.17, 15) is 4.79 Å². The first-order valence-corrected chi connectivity index (χ1v) is 5.33. The highest BCUT2D eigenvalue weighted by Gasteiger charge is 2.27. The lowest BCUT2D eigenvalue weighted by Crippen LogP contribution is -2.11. The lowest BCUT2D eigenvalue weighted by atomic mass is 10.4. The summed E-state index contributed by atoms with van der Waals surface area (Å²) in [6.07, 6.45) is 3.79. The van der Waals surface area contributed by atoms with E-state index in [-0.39, 0.29) is 6.61 Å². The molecule has 1 heterocycles. The number of carboxylic acid groups (broad SMARTS) is 1. The first-order valence-electron chi connectivity index (χ1n) is 4.54. The van der Waals surface area contributed by atoms with Crippen LogP contribution in [-0.2, 0) is 4.79 Å². The van der Waals surface area contributed by atoms with Gasteiger partial charge in [-0.15, -0.1) is 0 Å². The summed E-state index contributed by atoms with van der Waals surface area (Å²) < 4.78 is 5.60. The molecule has 1 aliphatic carbocycles. The van der Waals surface area contributed by atoms with E-state index in [4.69, 9.17) is 9.84 Å². The minimum absolute atomic E-state index is 0.300. The van der Waals surface area contributed by atoms with Crippen LogP contribution in [0, 0.1) is 0 Å². The summed E-state index contributed by atoms with van der Waals surface area (Å²) in [5, 5.41) is 8.47. The number of carbonyl (C=O) groups is 1. The SMILES string of the molecule is O=C(O)COc1nc(C2CC2)ncc1Br. The number of rotatable bonds is 4. The molecule has 0 saturated heterocycles. The lowest BCUT2D eigenvalue weighted by molar-refractivity contribution is -0.139. The van der Waals surface area contributed by atoms with Crippen LogP contribution in [0.5, 0.6) is 5.88 Å². The molecular formula is C9H9BrN2O3. The monoisotopic (exact) mass is 272 g/mol. The molecule has 1 aliphatic rings. The number of ether oxygens (including phenoxy) is 1. The van der Waals surface area contributed by atoms with Crippen LogP contribution in [0.4, 0.5) is 0 Å². The highest BCUT2D eigenvalue weighted by Crippen LogP contribution is 2.39. The van der Waals surface area contributed by atoms with Crippen LogP contribution in [0.1, 0.15) is 24.6 Å². The van der Waals surface area contributed by atoms with Crippen molar-refractivity contribution >= 4 is 21.9 Å². The third-order valence-electron chi connectivity index (χ3n) is 2.01. The summed E-state index contributed by atoms with van der Waals surface area (Å²) in [5.41, 5.74) is 0. The highest BCUT2D eigenvalue weighted by atomic mass is 79.9. The van der Waals surface area contributed by atoms with Crippen LogP contribution in [0.15, 0.2) is 10.7 Å².